The minimum absolute atomic E-state index is 0.308. The van der Waals surface area contributed by atoms with Crippen molar-refractivity contribution < 1.29 is 4.85 Å². The Bertz CT molecular complexity index is 265. The Balaban J connectivity index is 3.05. The predicted octanol–water partition coefficient (Wildman–Crippen LogP) is -0.0615. The van der Waals surface area contributed by atoms with E-state index in [0.717, 1.165) is 0 Å². The van der Waals surface area contributed by atoms with Crippen LogP contribution in [0, 0.1) is 5.21 Å². The lowest BCUT2D eigenvalue weighted by Gasteiger charge is -2.06. The highest BCUT2D eigenvalue weighted by Gasteiger charge is 2.07. The Hall–Kier alpha value is -0.910. The minimum Gasteiger partial charge on any atom is -0.593 e. The third kappa shape index (κ3) is 1.76. The van der Waals surface area contributed by atoms with E-state index in [0.29, 0.717) is 15.4 Å². The molecular weight excluding hydrogens is 212 g/mol. The average molecular weight is 219 g/mol. The summed E-state index contributed by atoms with van der Waals surface area (Å²) in [5, 5.41) is 14.4. The van der Waals surface area contributed by atoms with E-state index < -0.39 is 0 Å². The van der Waals surface area contributed by atoms with Gasteiger partial charge in [0.25, 0.3) is 5.95 Å². The van der Waals surface area contributed by atoms with Crippen LogP contribution >= 0.6 is 15.9 Å². The highest BCUT2D eigenvalue weighted by molar-refractivity contribution is 9.10. The molecule has 5 nitrogen and oxygen atoms in total. The SMILES string of the molecule is CN(C)c1ncc(Br)[n+]([O-])n1. The number of hydrogen-bond donors (Lipinski definition) is 0. The molecule has 0 N–H and O–H groups in total. The van der Waals surface area contributed by atoms with Crippen molar-refractivity contribution in [2.24, 2.45) is 0 Å². The van der Waals surface area contributed by atoms with Crippen molar-refractivity contribution >= 4 is 21.9 Å². The Morgan fingerprint density at radius 3 is 2.73 bits per heavy atom. The zero-order valence-electron chi connectivity index (χ0n) is 6.15. The standard InChI is InChI=1S/C5H7BrN4O/c1-9(2)5-7-3-4(6)10(11)8-5/h3H,1-2H3. The van der Waals surface area contributed by atoms with Gasteiger partial charge in [-0.15, -0.1) is 0 Å². The minimum atomic E-state index is 0.308. The van der Waals surface area contributed by atoms with Crippen LogP contribution in [0.15, 0.2) is 10.8 Å². The third-order valence-electron chi connectivity index (χ3n) is 1.05. The number of aromatic nitrogens is 3. The fourth-order valence-electron chi connectivity index (χ4n) is 0.520. The van der Waals surface area contributed by atoms with Crippen molar-refractivity contribution in [2.45, 2.75) is 0 Å². The van der Waals surface area contributed by atoms with Crippen LogP contribution in [0.25, 0.3) is 0 Å². The van der Waals surface area contributed by atoms with E-state index in [9.17, 15) is 5.21 Å². The van der Waals surface area contributed by atoms with Crippen LogP contribution in [0.4, 0.5) is 5.95 Å². The molecule has 0 amide bonds. The topological polar surface area (TPSA) is 56.0 Å². The van der Waals surface area contributed by atoms with Crippen molar-refractivity contribution in [3.63, 3.8) is 0 Å². The highest BCUT2D eigenvalue weighted by atomic mass is 79.9. The quantitative estimate of drug-likeness (QED) is 0.490. The summed E-state index contributed by atoms with van der Waals surface area (Å²) < 4.78 is 0.308. The van der Waals surface area contributed by atoms with Gasteiger partial charge in [-0.2, -0.15) is 0 Å². The lowest BCUT2D eigenvalue weighted by molar-refractivity contribution is -0.679. The van der Waals surface area contributed by atoms with Gasteiger partial charge in [-0.25, -0.2) is 4.98 Å². The summed E-state index contributed by atoms with van der Waals surface area (Å²) >= 11 is 2.99. The smallest absolute Gasteiger partial charge is 0.304 e. The van der Waals surface area contributed by atoms with Gasteiger partial charge in [0.05, 0.1) is 5.10 Å². The Labute approximate surface area is 72.4 Å². The van der Waals surface area contributed by atoms with Crippen LogP contribution in [0.5, 0.6) is 0 Å². The molecule has 0 atom stereocenters. The van der Waals surface area contributed by atoms with Gasteiger partial charge in [0.2, 0.25) is 0 Å². The van der Waals surface area contributed by atoms with Gasteiger partial charge >= 0.3 is 4.60 Å². The summed E-state index contributed by atoms with van der Waals surface area (Å²) in [7, 11) is 3.53. The van der Waals surface area contributed by atoms with Crippen LogP contribution < -0.4 is 9.75 Å². The van der Waals surface area contributed by atoms with Gasteiger partial charge in [-0.1, -0.05) is 0 Å². The molecule has 0 aromatic carbocycles. The molecule has 0 aliphatic rings. The highest BCUT2D eigenvalue weighted by Crippen LogP contribution is 2.02. The zero-order chi connectivity index (χ0) is 8.43. The van der Waals surface area contributed by atoms with E-state index in [1.54, 1.807) is 19.0 Å². The second-order valence-electron chi connectivity index (χ2n) is 2.15. The summed E-state index contributed by atoms with van der Waals surface area (Å²) in [6, 6.07) is 0. The number of halogens is 1. The second-order valence-corrected chi connectivity index (χ2v) is 2.96. The summed E-state index contributed by atoms with van der Waals surface area (Å²) in [4.78, 5) is 6.01. The monoisotopic (exact) mass is 218 g/mol. The Morgan fingerprint density at radius 2 is 2.27 bits per heavy atom. The second kappa shape index (κ2) is 3.00. The summed E-state index contributed by atoms with van der Waals surface area (Å²) in [5.41, 5.74) is 0. The van der Waals surface area contributed by atoms with E-state index in [2.05, 4.69) is 26.0 Å². The van der Waals surface area contributed by atoms with Crippen molar-refractivity contribution in [2.75, 3.05) is 19.0 Å². The van der Waals surface area contributed by atoms with Crippen molar-refractivity contribution in [1.82, 2.24) is 10.1 Å². The lowest BCUT2D eigenvalue weighted by Crippen LogP contribution is -2.35. The molecule has 0 saturated carbocycles. The molecule has 1 aromatic rings. The molecule has 0 fully saturated rings. The van der Waals surface area contributed by atoms with E-state index in [1.807, 2.05) is 0 Å². The van der Waals surface area contributed by atoms with E-state index >= 15 is 0 Å². The summed E-state index contributed by atoms with van der Waals surface area (Å²) in [6.45, 7) is 0. The first-order valence-corrected chi connectivity index (χ1v) is 3.70. The number of rotatable bonds is 1. The molecule has 0 spiro atoms. The van der Waals surface area contributed by atoms with E-state index in [4.69, 9.17) is 0 Å². The van der Waals surface area contributed by atoms with Gasteiger partial charge in [0.15, 0.2) is 0 Å². The molecular formula is C5H7BrN4O. The first-order chi connectivity index (χ1) is 5.11. The molecule has 11 heavy (non-hydrogen) atoms. The first kappa shape index (κ1) is 8.19. The maximum Gasteiger partial charge on any atom is 0.304 e. The maximum absolute atomic E-state index is 10.8. The van der Waals surface area contributed by atoms with E-state index in [-0.39, 0.29) is 0 Å². The molecule has 0 aliphatic carbocycles. The molecule has 0 radical (unpaired) electrons. The molecule has 1 heterocycles. The Kier molecular flexibility index (Phi) is 2.23. The van der Waals surface area contributed by atoms with Gasteiger partial charge in [-0.3, -0.25) is 0 Å². The largest absolute Gasteiger partial charge is 0.593 e. The van der Waals surface area contributed by atoms with Crippen molar-refractivity contribution in [3.05, 3.63) is 16.0 Å². The third-order valence-corrected chi connectivity index (χ3v) is 1.56. The number of anilines is 1. The fourth-order valence-corrected chi connectivity index (χ4v) is 0.702. The molecule has 0 aliphatic heterocycles. The number of nitrogens with zero attached hydrogens (tertiary/aromatic N) is 4. The molecule has 1 aromatic heterocycles. The van der Waals surface area contributed by atoms with E-state index in [1.165, 1.54) is 6.20 Å². The molecule has 6 heteroatoms. The Morgan fingerprint density at radius 1 is 1.64 bits per heavy atom. The number of hydrogen-bond acceptors (Lipinski definition) is 4. The van der Waals surface area contributed by atoms with Crippen LogP contribution in [-0.2, 0) is 0 Å². The van der Waals surface area contributed by atoms with Crippen molar-refractivity contribution in [1.29, 1.82) is 0 Å². The van der Waals surface area contributed by atoms with Crippen LogP contribution in [0.3, 0.4) is 0 Å². The zero-order valence-corrected chi connectivity index (χ0v) is 7.74. The lowest BCUT2D eigenvalue weighted by atomic mass is 10.8. The van der Waals surface area contributed by atoms with Gasteiger partial charge < -0.3 is 10.1 Å². The molecule has 1 rings (SSSR count). The fraction of sp³-hybridized carbons (Fsp3) is 0.400. The van der Waals surface area contributed by atoms with Crippen LogP contribution in [0.1, 0.15) is 0 Å². The van der Waals surface area contributed by atoms with Crippen LogP contribution in [0.2, 0.25) is 0 Å². The van der Waals surface area contributed by atoms with Gasteiger partial charge in [0.1, 0.15) is 6.20 Å². The molecule has 0 saturated heterocycles. The maximum atomic E-state index is 10.8. The first-order valence-electron chi connectivity index (χ1n) is 2.91. The summed E-state index contributed by atoms with van der Waals surface area (Å²) in [6.07, 6.45) is 1.41. The molecule has 0 unspecified atom stereocenters. The van der Waals surface area contributed by atoms with Crippen molar-refractivity contribution in [3.8, 4) is 0 Å². The van der Waals surface area contributed by atoms with Gasteiger partial charge in [0, 0.05) is 30.0 Å². The predicted molar refractivity (Wildman–Crippen MR) is 43.0 cm³/mol. The molecule has 60 valence electrons. The van der Waals surface area contributed by atoms with Gasteiger partial charge in [-0.05, 0) is 4.85 Å². The normalized spacial score (nSPS) is 9.73. The summed E-state index contributed by atoms with van der Waals surface area (Å²) in [5.74, 6) is 0.392. The average Bonchev–Trinajstić information content (AvgIpc) is 1.94. The molecule has 0 bridgehead atoms. The van der Waals surface area contributed by atoms with Crippen LogP contribution in [-0.4, -0.2) is 24.2 Å².